The maximum Gasteiger partial charge on any atom is 0.270 e. The fourth-order valence-corrected chi connectivity index (χ4v) is 4.98. The van der Waals surface area contributed by atoms with Crippen LogP contribution >= 0.6 is 11.3 Å². The second-order valence-electron chi connectivity index (χ2n) is 5.94. The normalized spacial score (nSPS) is 19.7. The number of carbonyl (C=O) groups excluding carboxylic acids is 1. The van der Waals surface area contributed by atoms with Gasteiger partial charge in [0.1, 0.15) is 5.69 Å². The molecule has 1 aromatic rings. The largest absolute Gasteiger partial charge is 0.351 e. The summed E-state index contributed by atoms with van der Waals surface area (Å²) in [6.07, 6.45) is 6.62. The number of amides is 1. The summed E-state index contributed by atoms with van der Waals surface area (Å²) in [4.78, 5) is 16.4. The van der Waals surface area contributed by atoms with E-state index in [1.165, 1.54) is 17.6 Å². The highest BCUT2D eigenvalue weighted by Gasteiger charge is 2.28. The molecule has 0 radical (unpaired) electrons. The molecule has 1 aliphatic heterocycles. The van der Waals surface area contributed by atoms with Crippen LogP contribution in [0.3, 0.4) is 0 Å². The van der Waals surface area contributed by atoms with Gasteiger partial charge >= 0.3 is 0 Å². The molecule has 1 saturated heterocycles. The molecule has 0 aliphatic carbocycles. The number of hydrogen-bond donors (Lipinski definition) is 1. The van der Waals surface area contributed by atoms with Crippen LogP contribution in [0.4, 0.5) is 0 Å². The van der Waals surface area contributed by atoms with Crippen LogP contribution in [0.2, 0.25) is 0 Å². The lowest BCUT2D eigenvalue weighted by Gasteiger charge is -2.33. The predicted octanol–water partition coefficient (Wildman–Crippen LogP) is 2.03. The van der Waals surface area contributed by atoms with Crippen molar-refractivity contribution in [1.29, 1.82) is 0 Å². The van der Waals surface area contributed by atoms with Crippen molar-refractivity contribution in [2.75, 3.05) is 19.3 Å². The maximum absolute atomic E-state index is 12.1. The number of carbonyl (C=O) groups is 1. The number of nitrogens with one attached hydrogen (secondary N) is 1. The third kappa shape index (κ3) is 5.26. The molecule has 1 aromatic heterocycles. The molecule has 0 aromatic carbocycles. The van der Waals surface area contributed by atoms with E-state index < -0.39 is 10.0 Å². The van der Waals surface area contributed by atoms with Gasteiger partial charge in [-0.2, -0.15) is 4.31 Å². The van der Waals surface area contributed by atoms with Crippen LogP contribution in [0.1, 0.15) is 54.5 Å². The minimum atomic E-state index is -3.17. The Morgan fingerprint density at radius 2 is 2.26 bits per heavy atom. The average Bonchev–Trinajstić information content (AvgIpc) is 2.96. The molecular weight excluding hydrogens is 334 g/mol. The Labute approximate surface area is 142 Å². The van der Waals surface area contributed by atoms with Crippen LogP contribution in [-0.4, -0.2) is 49.0 Å². The van der Waals surface area contributed by atoms with Gasteiger partial charge in [-0.25, -0.2) is 13.4 Å². The molecule has 1 fully saturated rings. The van der Waals surface area contributed by atoms with Crippen molar-refractivity contribution in [2.45, 2.75) is 51.5 Å². The van der Waals surface area contributed by atoms with Gasteiger partial charge in [-0.3, -0.25) is 4.79 Å². The van der Waals surface area contributed by atoms with Crippen LogP contribution in [0.5, 0.6) is 0 Å². The first kappa shape index (κ1) is 18.4. The number of rotatable bonds is 7. The van der Waals surface area contributed by atoms with Gasteiger partial charge in [-0.15, -0.1) is 11.3 Å². The number of piperidine rings is 1. The van der Waals surface area contributed by atoms with E-state index in [1.54, 1.807) is 9.69 Å². The molecule has 0 saturated carbocycles. The van der Waals surface area contributed by atoms with Gasteiger partial charge in [0.2, 0.25) is 10.0 Å². The van der Waals surface area contributed by atoms with Gasteiger partial charge < -0.3 is 5.32 Å². The first-order chi connectivity index (χ1) is 10.9. The number of thiazole rings is 1. The van der Waals surface area contributed by atoms with Crippen molar-refractivity contribution in [3.05, 3.63) is 16.1 Å². The van der Waals surface area contributed by atoms with Gasteiger partial charge in [0.05, 0.1) is 11.3 Å². The zero-order valence-electron chi connectivity index (χ0n) is 13.7. The first-order valence-electron chi connectivity index (χ1n) is 8.11. The molecule has 0 unspecified atom stereocenters. The van der Waals surface area contributed by atoms with E-state index in [1.807, 2.05) is 0 Å². The fraction of sp³-hybridized carbons (Fsp3) is 0.733. The van der Waals surface area contributed by atoms with Gasteiger partial charge in [0.25, 0.3) is 5.91 Å². The lowest BCUT2D eigenvalue weighted by molar-refractivity contribution is 0.0945. The highest BCUT2D eigenvalue weighted by atomic mass is 32.2. The Morgan fingerprint density at radius 3 is 2.96 bits per heavy atom. The molecule has 23 heavy (non-hydrogen) atoms. The smallest absolute Gasteiger partial charge is 0.270 e. The molecule has 1 atom stereocenters. The van der Waals surface area contributed by atoms with Crippen molar-refractivity contribution >= 4 is 27.3 Å². The van der Waals surface area contributed by atoms with Crippen LogP contribution in [0, 0.1) is 0 Å². The molecule has 0 spiro atoms. The maximum atomic E-state index is 12.1. The van der Waals surface area contributed by atoms with E-state index in [2.05, 4.69) is 17.2 Å². The minimum Gasteiger partial charge on any atom is -0.351 e. The van der Waals surface area contributed by atoms with E-state index in [0.29, 0.717) is 25.2 Å². The molecule has 0 bridgehead atoms. The molecule has 1 amide bonds. The number of hydrogen-bond acceptors (Lipinski definition) is 5. The summed E-state index contributed by atoms with van der Waals surface area (Å²) in [5.74, 6) is -0.176. The van der Waals surface area contributed by atoms with E-state index in [9.17, 15) is 13.2 Å². The highest BCUT2D eigenvalue weighted by molar-refractivity contribution is 7.88. The Kier molecular flexibility index (Phi) is 6.55. The molecule has 2 heterocycles. The van der Waals surface area contributed by atoms with Crippen LogP contribution in [0.25, 0.3) is 0 Å². The molecule has 130 valence electrons. The third-order valence-electron chi connectivity index (χ3n) is 4.01. The summed E-state index contributed by atoms with van der Waals surface area (Å²) < 4.78 is 25.2. The van der Waals surface area contributed by atoms with Crippen molar-refractivity contribution in [1.82, 2.24) is 14.6 Å². The average molecular weight is 360 g/mol. The van der Waals surface area contributed by atoms with Crippen LogP contribution in [-0.2, 0) is 16.4 Å². The zero-order valence-corrected chi connectivity index (χ0v) is 15.4. The second-order valence-corrected chi connectivity index (χ2v) is 8.82. The van der Waals surface area contributed by atoms with Gasteiger partial charge in [-0.05, 0) is 32.1 Å². The van der Waals surface area contributed by atoms with Crippen molar-refractivity contribution in [3.63, 3.8) is 0 Å². The Morgan fingerprint density at radius 1 is 1.48 bits per heavy atom. The number of nitrogens with zero attached hydrogens (tertiary/aromatic N) is 2. The van der Waals surface area contributed by atoms with E-state index in [0.717, 1.165) is 37.1 Å². The standard InChI is InChI=1S/C15H25N3O3S2/c1-3-6-14-17-13(11-22-14)15(19)16-9-8-12-7-4-5-10-18(12)23(2,20)21/h11-12H,3-10H2,1-2H3,(H,16,19)/t12-/m0/s1. The van der Waals surface area contributed by atoms with Gasteiger partial charge in [-0.1, -0.05) is 13.3 Å². The fourth-order valence-electron chi connectivity index (χ4n) is 2.89. The minimum absolute atomic E-state index is 0.00913. The zero-order chi connectivity index (χ0) is 16.9. The predicted molar refractivity (Wildman–Crippen MR) is 92.2 cm³/mol. The van der Waals surface area contributed by atoms with Crippen molar-refractivity contribution in [2.24, 2.45) is 0 Å². The molecule has 2 rings (SSSR count). The molecule has 1 N–H and O–H groups in total. The summed E-state index contributed by atoms with van der Waals surface area (Å²) in [6, 6.07) is -0.00913. The summed E-state index contributed by atoms with van der Waals surface area (Å²) in [5, 5.41) is 5.62. The molecule has 1 aliphatic rings. The number of aryl methyl sites for hydroxylation is 1. The Balaban J connectivity index is 1.84. The van der Waals surface area contributed by atoms with Crippen molar-refractivity contribution in [3.8, 4) is 0 Å². The molecule has 6 nitrogen and oxygen atoms in total. The number of aromatic nitrogens is 1. The number of sulfonamides is 1. The molecule has 8 heteroatoms. The lowest BCUT2D eigenvalue weighted by Crippen LogP contribution is -2.44. The quantitative estimate of drug-likeness (QED) is 0.808. The third-order valence-corrected chi connectivity index (χ3v) is 6.25. The SMILES string of the molecule is CCCc1nc(C(=O)NCC[C@@H]2CCCCN2S(C)(=O)=O)cs1. The van der Waals surface area contributed by atoms with Gasteiger partial charge in [0.15, 0.2) is 0 Å². The highest BCUT2D eigenvalue weighted by Crippen LogP contribution is 2.22. The molecular formula is C15H25N3O3S2. The van der Waals surface area contributed by atoms with E-state index in [-0.39, 0.29) is 11.9 Å². The van der Waals surface area contributed by atoms with Gasteiger partial charge in [0, 0.05) is 24.5 Å². The van der Waals surface area contributed by atoms with E-state index in [4.69, 9.17) is 0 Å². The Bertz CT molecular complexity index is 628. The van der Waals surface area contributed by atoms with Crippen LogP contribution in [0.15, 0.2) is 5.38 Å². The first-order valence-corrected chi connectivity index (χ1v) is 10.8. The Hall–Kier alpha value is -0.990. The second kappa shape index (κ2) is 8.21. The summed E-state index contributed by atoms with van der Waals surface area (Å²) in [6.45, 7) is 3.14. The summed E-state index contributed by atoms with van der Waals surface area (Å²) >= 11 is 1.51. The summed E-state index contributed by atoms with van der Waals surface area (Å²) in [7, 11) is -3.17. The van der Waals surface area contributed by atoms with Crippen molar-refractivity contribution < 1.29 is 13.2 Å². The lowest BCUT2D eigenvalue weighted by atomic mass is 10.0. The summed E-state index contributed by atoms with van der Waals surface area (Å²) in [5.41, 5.74) is 0.460. The topological polar surface area (TPSA) is 79.4 Å². The monoisotopic (exact) mass is 359 g/mol. The van der Waals surface area contributed by atoms with Crippen LogP contribution < -0.4 is 5.32 Å². The van der Waals surface area contributed by atoms with E-state index >= 15 is 0 Å².